The van der Waals surface area contributed by atoms with Gasteiger partial charge in [-0.25, -0.2) is 23.5 Å². The number of pyridine rings is 1. The second-order valence-corrected chi connectivity index (χ2v) is 10.6. The van der Waals surface area contributed by atoms with Gasteiger partial charge in [-0.05, 0) is 58.1 Å². The Morgan fingerprint density at radius 3 is 2.76 bits per heavy atom. The van der Waals surface area contributed by atoms with E-state index in [1.54, 1.807) is 6.92 Å². The second kappa shape index (κ2) is 7.71. The zero-order valence-corrected chi connectivity index (χ0v) is 18.3. The molecule has 1 aliphatic carbocycles. The van der Waals surface area contributed by atoms with Crippen molar-refractivity contribution < 1.29 is 18.5 Å². The van der Waals surface area contributed by atoms with Crippen LogP contribution in [-0.2, 0) is 28.4 Å². The topological polar surface area (TPSA) is 131 Å². The standard InChI is InChI=1S/C18H24FN5O3S2/c1-9-14(10(2)19)22-12-7-5-6-11(12)15(9)23-17(25)24-29(20,27)13-8-21-16(28-13)18(3,4)26/h8,10,26H,5-7H2,1-4H3,(H3,20,22,23,24,25,27). The molecule has 2 amide bonds. The third-order valence-corrected chi connectivity index (χ3v) is 7.82. The number of carbonyl (C=O) groups excluding carboxylic acids is 1. The Labute approximate surface area is 173 Å². The van der Waals surface area contributed by atoms with Crippen molar-refractivity contribution in [3.05, 3.63) is 33.7 Å². The first-order valence-corrected chi connectivity index (χ1v) is 11.5. The molecule has 2 heterocycles. The number of carbonyl (C=O) groups is 1. The van der Waals surface area contributed by atoms with Gasteiger partial charge < -0.3 is 10.4 Å². The Morgan fingerprint density at radius 1 is 1.48 bits per heavy atom. The zero-order chi connectivity index (χ0) is 21.6. The molecule has 2 aromatic heterocycles. The summed E-state index contributed by atoms with van der Waals surface area (Å²) < 4.78 is 30.5. The van der Waals surface area contributed by atoms with Crippen molar-refractivity contribution in [2.45, 2.75) is 62.9 Å². The molecule has 0 saturated heterocycles. The highest BCUT2D eigenvalue weighted by Gasteiger charge is 2.26. The zero-order valence-electron chi connectivity index (χ0n) is 16.7. The maximum Gasteiger partial charge on any atom is 0.354 e. The molecule has 4 N–H and O–H groups in total. The molecule has 2 aromatic rings. The first-order valence-electron chi connectivity index (χ1n) is 9.11. The van der Waals surface area contributed by atoms with Gasteiger partial charge in [-0.1, -0.05) is 0 Å². The predicted octanol–water partition coefficient (Wildman–Crippen LogP) is 3.53. The second-order valence-electron chi connectivity index (χ2n) is 7.53. The fourth-order valence-corrected chi connectivity index (χ4v) is 5.30. The van der Waals surface area contributed by atoms with Crippen LogP contribution in [0.15, 0.2) is 14.8 Å². The molecule has 2 unspecified atom stereocenters. The molecule has 0 aromatic carbocycles. The number of nitrogens with zero attached hydrogens (tertiary/aromatic N) is 3. The van der Waals surface area contributed by atoms with Crippen LogP contribution in [0.25, 0.3) is 0 Å². The van der Waals surface area contributed by atoms with Gasteiger partial charge in [0.25, 0.3) is 0 Å². The lowest BCUT2D eigenvalue weighted by atomic mass is 10.0. The van der Waals surface area contributed by atoms with Crippen molar-refractivity contribution in [1.29, 1.82) is 0 Å². The van der Waals surface area contributed by atoms with Gasteiger partial charge >= 0.3 is 6.03 Å². The highest BCUT2D eigenvalue weighted by Crippen LogP contribution is 2.35. The Bertz CT molecular complexity index is 1080. The summed E-state index contributed by atoms with van der Waals surface area (Å²) in [6.07, 6.45) is 2.24. The van der Waals surface area contributed by atoms with Crippen molar-refractivity contribution in [2.24, 2.45) is 9.50 Å². The van der Waals surface area contributed by atoms with Crippen molar-refractivity contribution >= 4 is 33.0 Å². The van der Waals surface area contributed by atoms with E-state index in [2.05, 4.69) is 19.6 Å². The van der Waals surface area contributed by atoms with Gasteiger partial charge in [-0.3, -0.25) is 4.98 Å². The van der Waals surface area contributed by atoms with Gasteiger partial charge in [0, 0.05) is 5.69 Å². The number of hydrogen-bond acceptors (Lipinski definition) is 6. The molecule has 158 valence electrons. The fourth-order valence-electron chi connectivity index (χ4n) is 3.24. The molecule has 29 heavy (non-hydrogen) atoms. The maximum atomic E-state index is 14.0. The number of amides is 2. The van der Waals surface area contributed by atoms with Crippen LogP contribution in [0.2, 0.25) is 0 Å². The van der Waals surface area contributed by atoms with E-state index in [1.165, 1.54) is 27.0 Å². The molecular formula is C18H24FN5O3S2. The number of anilines is 1. The third kappa shape index (κ3) is 4.47. The average Bonchev–Trinajstić information content (AvgIpc) is 3.25. The van der Waals surface area contributed by atoms with Crippen molar-refractivity contribution in [3.63, 3.8) is 0 Å². The number of rotatable bonds is 4. The third-order valence-electron chi connectivity index (χ3n) is 4.63. The lowest BCUT2D eigenvalue weighted by Crippen LogP contribution is -2.18. The van der Waals surface area contributed by atoms with Gasteiger partial charge in [0.1, 0.15) is 21.0 Å². The number of nitrogens with two attached hydrogens (primary N) is 1. The number of alkyl halides is 1. The monoisotopic (exact) mass is 441 g/mol. The lowest BCUT2D eigenvalue weighted by Gasteiger charge is -2.16. The molecule has 3 rings (SSSR count). The molecule has 0 spiro atoms. The Kier molecular flexibility index (Phi) is 5.78. The van der Waals surface area contributed by atoms with Gasteiger partial charge in [0.2, 0.25) is 0 Å². The quantitative estimate of drug-likeness (QED) is 0.668. The van der Waals surface area contributed by atoms with Crippen molar-refractivity contribution in [3.8, 4) is 0 Å². The number of aromatic nitrogens is 2. The van der Waals surface area contributed by atoms with E-state index in [0.717, 1.165) is 29.0 Å². The summed E-state index contributed by atoms with van der Waals surface area (Å²) in [5.41, 5.74) is 1.63. The Balaban J connectivity index is 1.95. The van der Waals surface area contributed by atoms with Gasteiger partial charge in [-0.2, -0.15) is 0 Å². The first kappa shape index (κ1) is 21.8. The van der Waals surface area contributed by atoms with Crippen LogP contribution in [0.1, 0.15) is 60.9 Å². The van der Waals surface area contributed by atoms with Crippen LogP contribution in [0.4, 0.5) is 14.9 Å². The number of halogens is 1. The molecule has 0 saturated carbocycles. The normalized spacial score (nSPS) is 16.8. The Hall–Kier alpha value is -1.95. The summed E-state index contributed by atoms with van der Waals surface area (Å²) in [6, 6.07) is -0.892. The van der Waals surface area contributed by atoms with E-state index >= 15 is 0 Å². The van der Waals surface area contributed by atoms with Gasteiger partial charge in [0.15, 0.2) is 9.92 Å². The minimum absolute atomic E-state index is 0.0829. The molecule has 8 nitrogen and oxygen atoms in total. The van der Waals surface area contributed by atoms with Crippen molar-refractivity contribution in [2.75, 3.05) is 5.32 Å². The average molecular weight is 442 g/mol. The SMILES string of the molecule is Cc1c(C(C)F)nc2c(c1NC(=O)N=S(N)(=O)c1cnc(C(C)(C)O)s1)CCC2. The van der Waals surface area contributed by atoms with Crippen LogP contribution in [0.3, 0.4) is 0 Å². The summed E-state index contributed by atoms with van der Waals surface area (Å²) >= 11 is 0.930. The number of urea groups is 1. The molecule has 11 heteroatoms. The summed E-state index contributed by atoms with van der Waals surface area (Å²) in [6.45, 7) is 6.15. The largest absolute Gasteiger partial charge is 0.383 e. The smallest absolute Gasteiger partial charge is 0.354 e. The molecular weight excluding hydrogens is 417 g/mol. The van der Waals surface area contributed by atoms with E-state index < -0.39 is 27.7 Å². The van der Waals surface area contributed by atoms with E-state index in [1.807, 2.05) is 0 Å². The highest BCUT2D eigenvalue weighted by atomic mass is 32.2. The molecule has 1 aliphatic rings. The molecule has 0 radical (unpaired) electrons. The van der Waals surface area contributed by atoms with Crippen LogP contribution in [-0.4, -0.2) is 25.3 Å². The number of aryl methyl sites for hydroxylation is 1. The van der Waals surface area contributed by atoms with Crippen LogP contribution < -0.4 is 10.5 Å². The summed E-state index contributed by atoms with van der Waals surface area (Å²) in [4.78, 5) is 20.9. The lowest BCUT2D eigenvalue weighted by molar-refractivity contribution is 0.0783. The minimum Gasteiger partial charge on any atom is -0.383 e. The van der Waals surface area contributed by atoms with Gasteiger partial charge in [-0.15, -0.1) is 15.7 Å². The first-order chi connectivity index (χ1) is 13.4. The van der Waals surface area contributed by atoms with E-state index in [0.29, 0.717) is 29.1 Å². The maximum absolute atomic E-state index is 14.0. The molecule has 0 fully saturated rings. The predicted molar refractivity (Wildman–Crippen MR) is 110 cm³/mol. The summed E-state index contributed by atoms with van der Waals surface area (Å²) in [7, 11) is -3.55. The minimum atomic E-state index is -3.55. The van der Waals surface area contributed by atoms with Crippen LogP contribution in [0.5, 0.6) is 0 Å². The highest BCUT2D eigenvalue weighted by molar-refractivity contribution is 7.93. The van der Waals surface area contributed by atoms with Gasteiger partial charge in [0.05, 0.1) is 17.6 Å². The summed E-state index contributed by atoms with van der Waals surface area (Å²) in [5, 5.41) is 18.7. The molecule has 2 atom stereocenters. The fraction of sp³-hybridized carbons (Fsp3) is 0.500. The molecule has 0 bridgehead atoms. The van der Waals surface area contributed by atoms with E-state index in [9.17, 15) is 18.5 Å². The number of nitrogens with one attached hydrogen (secondary N) is 1. The van der Waals surface area contributed by atoms with Crippen LogP contribution in [0, 0.1) is 6.92 Å². The number of thiazole rings is 1. The Morgan fingerprint density at radius 2 is 2.17 bits per heavy atom. The molecule has 0 aliphatic heterocycles. The van der Waals surface area contributed by atoms with E-state index in [-0.39, 0.29) is 9.90 Å². The number of fused-ring (bicyclic) bond motifs is 1. The van der Waals surface area contributed by atoms with Crippen molar-refractivity contribution in [1.82, 2.24) is 9.97 Å². The van der Waals surface area contributed by atoms with Crippen LogP contribution >= 0.6 is 11.3 Å². The van der Waals surface area contributed by atoms with E-state index in [4.69, 9.17) is 5.14 Å². The number of aliphatic hydroxyl groups is 1. The summed E-state index contributed by atoms with van der Waals surface area (Å²) in [5.74, 6) is 0. The number of hydrogen-bond donors (Lipinski definition) is 3.